The van der Waals surface area contributed by atoms with E-state index in [4.69, 9.17) is 4.74 Å². The number of ether oxygens (including phenoxy) is 1. The van der Waals surface area contributed by atoms with Crippen molar-refractivity contribution >= 4 is 6.09 Å². The standard InChI is InChI=1S/C12H23NO3/c1-3-5-6-12(15)7-9-13(10-8-12)11(14)16-4-2/h15H,3-10H2,1-2H3. The number of amides is 1. The number of carbonyl (C=O) groups excluding carboxylic acids is 1. The number of hydrogen-bond donors (Lipinski definition) is 1. The Morgan fingerprint density at radius 3 is 2.50 bits per heavy atom. The van der Waals surface area contributed by atoms with Gasteiger partial charge in [-0.3, -0.25) is 0 Å². The summed E-state index contributed by atoms with van der Waals surface area (Å²) in [5.74, 6) is 0. The highest BCUT2D eigenvalue weighted by Crippen LogP contribution is 2.27. The zero-order valence-corrected chi connectivity index (χ0v) is 10.4. The maximum Gasteiger partial charge on any atom is 0.409 e. The molecule has 0 unspecified atom stereocenters. The lowest BCUT2D eigenvalue weighted by Gasteiger charge is -2.37. The average molecular weight is 229 g/mol. The van der Waals surface area contributed by atoms with Crippen LogP contribution < -0.4 is 0 Å². The Hall–Kier alpha value is -0.770. The molecule has 1 rings (SSSR count). The molecule has 0 aromatic rings. The lowest BCUT2D eigenvalue weighted by Crippen LogP contribution is -2.46. The molecule has 0 aliphatic carbocycles. The summed E-state index contributed by atoms with van der Waals surface area (Å²) >= 11 is 0. The maximum absolute atomic E-state index is 11.4. The second kappa shape index (κ2) is 6.09. The van der Waals surface area contributed by atoms with Crippen LogP contribution in [-0.4, -0.2) is 41.4 Å². The maximum atomic E-state index is 11.4. The first-order valence-electron chi connectivity index (χ1n) is 6.25. The van der Waals surface area contributed by atoms with Gasteiger partial charge in [0.1, 0.15) is 0 Å². The topological polar surface area (TPSA) is 49.8 Å². The molecule has 4 heteroatoms. The Morgan fingerprint density at radius 2 is 2.00 bits per heavy atom. The van der Waals surface area contributed by atoms with Gasteiger partial charge in [0.05, 0.1) is 12.2 Å². The van der Waals surface area contributed by atoms with E-state index in [9.17, 15) is 9.90 Å². The molecule has 1 amide bonds. The molecule has 1 N–H and O–H groups in total. The number of piperidine rings is 1. The fourth-order valence-electron chi connectivity index (χ4n) is 2.08. The van der Waals surface area contributed by atoms with Crippen molar-refractivity contribution in [3.8, 4) is 0 Å². The van der Waals surface area contributed by atoms with E-state index in [1.54, 1.807) is 11.8 Å². The predicted molar refractivity (Wildman–Crippen MR) is 62.3 cm³/mol. The van der Waals surface area contributed by atoms with Crippen LogP contribution in [0.1, 0.15) is 46.0 Å². The third-order valence-electron chi connectivity index (χ3n) is 3.22. The molecule has 0 radical (unpaired) electrons. The first kappa shape index (κ1) is 13.3. The number of rotatable bonds is 4. The number of nitrogens with zero attached hydrogens (tertiary/aromatic N) is 1. The van der Waals surface area contributed by atoms with Crippen molar-refractivity contribution in [3.63, 3.8) is 0 Å². The highest BCUT2D eigenvalue weighted by molar-refractivity contribution is 5.67. The summed E-state index contributed by atoms with van der Waals surface area (Å²) in [6.07, 6.45) is 4.09. The molecular weight excluding hydrogens is 206 g/mol. The van der Waals surface area contributed by atoms with Crippen LogP contribution in [0, 0.1) is 0 Å². The van der Waals surface area contributed by atoms with E-state index in [-0.39, 0.29) is 6.09 Å². The molecule has 0 aromatic heterocycles. The van der Waals surface area contributed by atoms with Gasteiger partial charge in [0.25, 0.3) is 0 Å². The van der Waals surface area contributed by atoms with Crippen molar-refractivity contribution in [2.75, 3.05) is 19.7 Å². The summed E-state index contributed by atoms with van der Waals surface area (Å²) in [6.45, 7) is 5.56. The van der Waals surface area contributed by atoms with E-state index in [0.29, 0.717) is 32.5 Å². The van der Waals surface area contributed by atoms with Crippen molar-refractivity contribution in [1.29, 1.82) is 0 Å². The van der Waals surface area contributed by atoms with E-state index in [2.05, 4.69) is 6.92 Å². The van der Waals surface area contributed by atoms with Gasteiger partial charge in [-0.2, -0.15) is 0 Å². The Labute approximate surface area is 97.6 Å². The molecule has 1 heterocycles. The average Bonchev–Trinajstić information content (AvgIpc) is 2.28. The lowest BCUT2D eigenvalue weighted by atomic mass is 9.87. The fourth-order valence-corrected chi connectivity index (χ4v) is 2.08. The van der Waals surface area contributed by atoms with Gasteiger partial charge < -0.3 is 14.7 Å². The normalized spacial score (nSPS) is 19.6. The first-order valence-corrected chi connectivity index (χ1v) is 6.25. The molecule has 0 atom stereocenters. The first-order chi connectivity index (χ1) is 7.61. The van der Waals surface area contributed by atoms with Crippen LogP contribution in [0.2, 0.25) is 0 Å². The van der Waals surface area contributed by atoms with Crippen molar-refractivity contribution < 1.29 is 14.6 Å². The molecule has 0 saturated carbocycles. The molecule has 1 fully saturated rings. The van der Waals surface area contributed by atoms with Crippen LogP contribution in [0.4, 0.5) is 4.79 Å². The van der Waals surface area contributed by atoms with E-state index in [1.807, 2.05) is 0 Å². The van der Waals surface area contributed by atoms with Gasteiger partial charge in [0.15, 0.2) is 0 Å². The molecule has 1 saturated heterocycles. The summed E-state index contributed by atoms with van der Waals surface area (Å²) in [6, 6.07) is 0. The van der Waals surface area contributed by atoms with Crippen LogP contribution in [0.15, 0.2) is 0 Å². The van der Waals surface area contributed by atoms with Crippen LogP contribution in [0.3, 0.4) is 0 Å². The molecule has 94 valence electrons. The van der Waals surface area contributed by atoms with Crippen LogP contribution >= 0.6 is 0 Å². The molecule has 1 aliphatic heterocycles. The van der Waals surface area contributed by atoms with Crippen LogP contribution in [-0.2, 0) is 4.74 Å². The quantitative estimate of drug-likeness (QED) is 0.803. The predicted octanol–water partition coefficient (Wildman–Crippen LogP) is 2.16. The van der Waals surface area contributed by atoms with Crippen molar-refractivity contribution in [2.24, 2.45) is 0 Å². The molecule has 0 bridgehead atoms. The Bertz CT molecular complexity index is 222. The minimum absolute atomic E-state index is 0.250. The molecule has 16 heavy (non-hydrogen) atoms. The lowest BCUT2D eigenvalue weighted by molar-refractivity contribution is -0.0273. The monoisotopic (exact) mass is 229 g/mol. The zero-order chi connectivity index (χ0) is 12.0. The van der Waals surface area contributed by atoms with Gasteiger partial charge >= 0.3 is 6.09 Å². The number of carbonyl (C=O) groups is 1. The number of unbranched alkanes of at least 4 members (excludes halogenated alkanes) is 1. The Kier molecular flexibility index (Phi) is 5.06. The van der Waals surface area contributed by atoms with Gasteiger partial charge in [0, 0.05) is 13.1 Å². The van der Waals surface area contributed by atoms with Crippen molar-refractivity contribution in [2.45, 2.75) is 51.6 Å². The summed E-state index contributed by atoms with van der Waals surface area (Å²) in [5.41, 5.74) is -0.557. The minimum atomic E-state index is -0.557. The van der Waals surface area contributed by atoms with E-state index in [1.165, 1.54) is 0 Å². The van der Waals surface area contributed by atoms with Crippen LogP contribution in [0.25, 0.3) is 0 Å². The molecule has 0 aromatic carbocycles. The number of hydrogen-bond acceptors (Lipinski definition) is 3. The highest BCUT2D eigenvalue weighted by Gasteiger charge is 2.33. The van der Waals surface area contributed by atoms with Gasteiger partial charge in [-0.15, -0.1) is 0 Å². The summed E-state index contributed by atoms with van der Waals surface area (Å²) in [4.78, 5) is 13.1. The second-order valence-corrected chi connectivity index (χ2v) is 4.51. The fraction of sp³-hybridized carbons (Fsp3) is 0.917. The van der Waals surface area contributed by atoms with Crippen LogP contribution in [0.5, 0.6) is 0 Å². The molecule has 4 nitrogen and oxygen atoms in total. The molecule has 0 spiro atoms. The zero-order valence-electron chi connectivity index (χ0n) is 10.4. The second-order valence-electron chi connectivity index (χ2n) is 4.51. The van der Waals surface area contributed by atoms with Gasteiger partial charge in [-0.05, 0) is 26.2 Å². The van der Waals surface area contributed by atoms with Crippen molar-refractivity contribution in [3.05, 3.63) is 0 Å². The number of aliphatic hydroxyl groups is 1. The Balaban J connectivity index is 2.35. The van der Waals surface area contributed by atoms with Gasteiger partial charge in [0.2, 0.25) is 0 Å². The largest absolute Gasteiger partial charge is 0.450 e. The summed E-state index contributed by atoms with van der Waals surface area (Å²) < 4.78 is 4.94. The SMILES string of the molecule is CCCCC1(O)CCN(C(=O)OCC)CC1. The third kappa shape index (κ3) is 3.67. The van der Waals surface area contributed by atoms with E-state index >= 15 is 0 Å². The van der Waals surface area contributed by atoms with E-state index < -0.39 is 5.60 Å². The summed E-state index contributed by atoms with van der Waals surface area (Å²) in [5, 5.41) is 10.3. The molecular formula is C12H23NO3. The summed E-state index contributed by atoms with van der Waals surface area (Å²) in [7, 11) is 0. The van der Waals surface area contributed by atoms with Gasteiger partial charge in [-0.1, -0.05) is 19.8 Å². The number of likely N-dealkylation sites (tertiary alicyclic amines) is 1. The Morgan fingerprint density at radius 1 is 1.38 bits per heavy atom. The smallest absolute Gasteiger partial charge is 0.409 e. The highest BCUT2D eigenvalue weighted by atomic mass is 16.6. The third-order valence-corrected chi connectivity index (χ3v) is 3.22. The van der Waals surface area contributed by atoms with E-state index in [0.717, 1.165) is 19.3 Å². The van der Waals surface area contributed by atoms with Crippen molar-refractivity contribution in [1.82, 2.24) is 4.90 Å². The molecule has 1 aliphatic rings. The minimum Gasteiger partial charge on any atom is -0.450 e. The van der Waals surface area contributed by atoms with Gasteiger partial charge in [-0.25, -0.2) is 4.79 Å².